The first-order chi connectivity index (χ1) is 15.4. The van der Waals surface area contributed by atoms with Gasteiger partial charge in [-0.15, -0.1) is 0 Å². The summed E-state index contributed by atoms with van der Waals surface area (Å²) >= 11 is 1.19. The van der Waals surface area contributed by atoms with E-state index in [-0.39, 0.29) is 16.6 Å². The Morgan fingerprint density at radius 1 is 1.09 bits per heavy atom. The molecule has 3 aromatic carbocycles. The molecule has 32 heavy (non-hydrogen) atoms. The summed E-state index contributed by atoms with van der Waals surface area (Å²) in [7, 11) is 1.52. The summed E-state index contributed by atoms with van der Waals surface area (Å²) in [6.45, 7) is 1.47. The van der Waals surface area contributed by atoms with Gasteiger partial charge in [0.2, 0.25) is 0 Å². The average Bonchev–Trinajstić information content (AvgIpc) is 2.78. The van der Waals surface area contributed by atoms with Crippen molar-refractivity contribution >= 4 is 28.4 Å². The Labute approximate surface area is 186 Å². The van der Waals surface area contributed by atoms with E-state index in [1.807, 2.05) is 0 Å². The number of rotatable bonds is 6. The number of fused-ring (bicyclic) bond motifs is 1. The van der Waals surface area contributed by atoms with Gasteiger partial charge >= 0.3 is 0 Å². The summed E-state index contributed by atoms with van der Waals surface area (Å²) in [5, 5.41) is 0.547. The molecule has 1 aromatic heterocycles. The molecule has 0 fully saturated rings. The van der Waals surface area contributed by atoms with Crippen LogP contribution in [0.25, 0.3) is 16.6 Å². The minimum Gasteiger partial charge on any atom is -0.496 e. The number of methoxy groups -OCH3 is 1. The van der Waals surface area contributed by atoms with Crippen LogP contribution >= 0.6 is 11.8 Å². The molecule has 5 nitrogen and oxygen atoms in total. The largest absolute Gasteiger partial charge is 0.496 e. The van der Waals surface area contributed by atoms with Gasteiger partial charge < -0.3 is 4.74 Å². The number of thioether (sulfide) groups is 1. The maximum absolute atomic E-state index is 14.6. The average molecular weight is 452 g/mol. The number of Topliss-reactive ketones (excluding diaryl/α,β-unsaturated/α-hetero) is 1. The molecule has 0 bridgehead atoms. The summed E-state index contributed by atoms with van der Waals surface area (Å²) in [6, 6.07) is 14.9. The molecule has 0 saturated heterocycles. The highest BCUT2D eigenvalue weighted by Gasteiger charge is 2.18. The third-order valence-electron chi connectivity index (χ3n) is 4.94. The van der Waals surface area contributed by atoms with Crippen LogP contribution in [-0.2, 0) is 5.75 Å². The predicted octanol–water partition coefficient (Wildman–Crippen LogP) is 5.17. The van der Waals surface area contributed by atoms with Crippen molar-refractivity contribution in [1.82, 2.24) is 9.55 Å². The molecule has 0 unspecified atom stereocenters. The molecule has 0 aliphatic rings. The molecule has 0 radical (unpaired) electrons. The van der Waals surface area contributed by atoms with Gasteiger partial charge in [-0.25, -0.2) is 13.8 Å². The van der Waals surface area contributed by atoms with Crippen molar-refractivity contribution in [3.05, 3.63) is 93.8 Å². The molecule has 0 saturated carbocycles. The van der Waals surface area contributed by atoms with Gasteiger partial charge in [-0.3, -0.25) is 14.2 Å². The lowest BCUT2D eigenvalue weighted by atomic mass is 10.1. The predicted molar refractivity (Wildman–Crippen MR) is 120 cm³/mol. The monoisotopic (exact) mass is 452 g/mol. The third kappa shape index (κ3) is 4.13. The van der Waals surface area contributed by atoms with Crippen molar-refractivity contribution in [1.29, 1.82) is 0 Å². The number of carbonyl (C=O) groups excluding carboxylic acids is 1. The molecule has 0 spiro atoms. The van der Waals surface area contributed by atoms with E-state index in [1.165, 1.54) is 31.9 Å². The van der Waals surface area contributed by atoms with Crippen LogP contribution in [0.2, 0.25) is 0 Å². The summed E-state index contributed by atoms with van der Waals surface area (Å²) < 4.78 is 34.6. The highest BCUT2D eigenvalue weighted by molar-refractivity contribution is 7.98. The van der Waals surface area contributed by atoms with Gasteiger partial charge in [-0.05, 0) is 49.4 Å². The minimum atomic E-state index is -0.873. The molecule has 0 aliphatic carbocycles. The van der Waals surface area contributed by atoms with E-state index < -0.39 is 17.2 Å². The quantitative estimate of drug-likeness (QED) is 0.230. The first-order valence-electron chi connectivity index (χ1n) is 9.67. The Morgan fingerprint density at radius 3 is 2.59 bits per heavy atom. The number of nitrogens with zero attached hydrogens (tertiary/aromatic N) is 2. The van der Waals surface area contributed by atoms with E-state index in [1.54, 1.807) is 42.5 Å². The van der Waals surface area contributed by atoms with Crippen molar-refractivity contribution in [3.8, 4) is 11.4 Å². The lowest BCUT2D eigenvalue weighted by Gasteiger charge is -2.15. The van der Waals surface area contributed by atoms with Crippen LogP contribution in [0.5, 0.6) is 5.75 Å². The highest BCUT2D eigenvalue weighted by atomic mass is 32.2. The molecule has 0 atom stereocenters. The fraction of sp³-hybridized carbons (Fsp3) is 0.125. The number of ether oxygens (including phenoxy) is 1. The van der Waals surface area contributed by atoms with Gasteiger partial charge in [-0.1, -0.05) is 23.9 Å². The van der Waals surface area contributed by atoms with Crippen molar-refractivity contribution in [2.45, 2.75) is 17.8 Å². The number of aromatic nitrogens is 2. The summed E-state index contributed by atoms with van der Waals surface area (Å²) in [4.78, 5) is 29.6. The molecular formula is C24H18F2N2O3S. The van der Waals surface area contributed by atoms with Crippen molar-refractivity contribution in [2.75, 3.05) is 7.11 Å². The van der Waals surface area contributed by atoms with Crippen molar-refractivity contribution < 1.29 is 18.3 Å². The van der Waals surface area contributed by atoms with Gasteiger partial charge in [-0.2, -0.15) is 0 Å². The zero-order valence-electron chi connectivity index (χ0n) is 17.3. The lowest BCUT2D eigenvalue weighted by molar-refractivity contribution is 0.101. The fourth-order valence-electron chi connectivity index (χ4n) is 3.34. The van der Waals surface area contributed by atoms with Gasteiger partial charge in [0.25, 0.3) is 5.56 Å². The zero-order chi connectivity index (χ0) is 22.8. The smallest absolute Gasteiger partial charge is 0.266 e. The lowest BCUT2D eigenvalue weighted by Crippen LogP contribution is -2.22. The normalized spacial score (nSPS) is 11.0. The van der Waals surface area contributed by atoms with Crippen LogP contribution in [0, 0.1) is 11.6 Å². The first kappa shape index (κ1) is 21.7. The molecule has 4 aromatic rings. The second kappa shape index (κ2) is 8.92. The Bertz CT molecular complexity index is 1400. The highest BCUT2D eigenvalue weighted by Crippen LogP contribution is 2.30. The maximum atomic E-state index is 14.6. The van der Waals surface area contributed by atoms with E-state index in [2.05, 4.69) is 4.98 Å². The maximum Gasteiger partial charge on any atom is 0.266 e. The van der Waals surface area contributed by atoms with E-state index in [0.717, 1.165) is 22.3 Å². The molecule has 162 valence electrons. The molecule has 0 aliphatic heterocycles. The molecule has 0 N–H and O–H groups in total. The van der Waals surface area contributed by atoms with Gasteiger partial charge in [0, 0.05) is 22.9 Å². The summed E-state index contributed by atoms with van der Waals surface area (Å²) in [5.41, 5.74) is 1.14. The number of carbonyl (C=O) groups is 1. The Hall–Kier alpha value is -3.52. The molecule has 8 heteroatoms. The number of para-hydroxylation sites is 1. The van der Waals surface area contributed by atoms with Crippen molar-refractivity contribution in [2.24, 2.45) is 0 Å². The third-order valence-corrected chi connectivity index (χ3v) is 5.93. The molecule has 0 amide bonds. The fourth-order valence-corrected chi connectivity index (χ4v) is 4.32. The minimum absolute atomic E-state index is 0.0898. The number of halogens is 2. The number of benzene rings is 3. The first-order valence-corrected chi connectivity index (χ1v) is 10.7. The Kier molecular flexibility index (Phi) is 6.05. The molecule has 4 rings (SSSR count). The summed E-state index contributed by atoms with van der Waals surface area (Å²) in [6.07, 6.45) is 0. The standard InChI is InChI=1S/C24H18F2N2O3S/c1-14(29)15-7-10-22(31-2)16(11-15)13-32-24-27-20-6-4-3-5-18(20)23(30)28(24)21-9-8-17(25)12-19(21)26/h3-12H,13H2,1-2H3. The number of hydrogen-bond donors (Lipinski definition) is 0. The van der Waals surface area contributed by atoms with Crippen LogP contribution in [0.3, 0.4) is 0 Å². The van der Waals surface area contributed by atoms with Crippen LogP contribution in [0.4, 0.5) is 8.78 Å². The van der Waals surface area contributed by atoms with E-state index >= 15 is 0 Å². The molecular weight excluding hydrogens is 434 g/mol. The van der Waals surface area contributed by atoms with E-state index in [4.69, 9.17) is 4.74 Å². The second-order valence-electron chi connectivity index (χ2n) is 7.02. The molecule has 1 heterocycles. The van der Waals surface area contributed by atoms with Gasteiger partial charge in [0.05, 0.1) is 23.7 Å². The topological polar surface area (TPSA) is 61.2 Å². The SMILES string of the molecule is COc1ccc(C(C)=O)cc1CSc1nc2ccccc2c(=O)n1-c1ccc(F)cc1F. The zero-order valence-corrected chi connectivity index (χ0v) is 18.1. The number of hydrogen-bond acceptors (Lipinski definition) is 5. The number of ketones is 1. The summed E-state index contributed by atoms with van der Waals surface area (Å²) in [5.74, 6) is -0.828. The van der Waals surface area contributed by atoms with Gasteiger partial charge in [0.15, 0.2) is 10.9 Å². The van der Waals surface area contributed by atoms with Crippen LogP contribution < -0.4 is 10.3 Å². The van der Waals surface area contributed by atoms with Gasteiger partial charge in [0.1, 0.15) is 17.4 Å². The van der Waals surface area contributed by atoms with Crippen LogP contribution in [-0.4, -0.2) is 22.4 Å². The van der Waals surface area contributed by atoms with E-state index in [0.29, 0.717) is 28.0 Å². The van der Waals surface area contributed by atoms with Crippen LogP contribution in [0.15, 0.2) is 70.6 Å². The van der Waals surface area contributed by atoms with E-state index in [9.17, 15) is 18.4 Å². The second-order valence-corrected chi connectivity index (χ2v) is 7.96. The van der Waals surface area contributed by atoms with Crippen LogP contribution in [0.1, 0.15) is 22.8 Å². The van der Waals surface area contributed by atoms with Crippen molar-refractivity contribution in [3.63, 3.8) is 0 Å². The Balaban J connectivity index is 1.85. The Morgan fingerprint density at radius 2 is 1.88 bits per heavy atom.